The summed E-state index contributed by atoms with van der Waals surface area (Å²) in [6.45, 7) is 0. The SMILES string of the molecule is O=C(O)c1ccc2oc3ccccc3c2c1-c1cccc2oc3ccccc3c12.O=C1c2ccc3oc4ccccc4c3c2-c2c1ccc1oc3ccccc3c21. The molecule has 12 aromatic rings. The molecule has 268 valence electrons. The summed E-state index contributed by atoms with van der Waals surface area (Å²) >= 11 is 0. The third kappa shape index (κ3) is 4.36. The van der Waals surface area contributed by atoms with Crippen LogP contribution in [0.3, 0.4) is 0 Å². The number of carbonyl (C=O) groups is 2. The molecule has 1 aliphatic carbocycles. The lowest BCUT2D eigenvalue weighted by Crippen LogP contribution is -2.00. The third-order valence-electron chi connectivity index (χ3n) is 11.3. The topological polar surface area (TPSA) is 107 Å². The summed E-state index contributed by atoms with van der Waals surface area (Å²) in [4.78, 5) is 25.4. The fourth-order valence-electron chi connectivity index (χ4n) is 8.93. The zero-order valence-corrected chi connectivity index (χ0v) is 29.8. The van der Waals surface area contributed by atoms with E-state index in [0.29, 0.717) is 11.1 Å². The van der Waals surface area contributed by atoms with E-state index in [0.717, 1.165) is 110 Å². The van der Waals surface area contributed by atoms with Crippen LogP contribution in [-0.4, -0.2) is 16.9 Å². The average Bonchev–Trinajstić information content (AvgIpc) is 4.06. The molecule has 0 atom stereocenters. The minimum absolute atomic E-state index is 0.0596. The second kappa shape index (κ2) is 11.6. The molecule has 0 radical (unpaired) electrons. The molecular formula is C50H26O7. The zero-order chi connectivity index (χ0) is 37.9. The molecule has 0 spiro atoms. The summed E-state index contributed by atoms with van der Waals surface area (Å²) in [6, 6.07) is 48.2. The summed E-state index contributed by atoms with van der Waals surface area (Å²) < 4.78 is 24.2. The van der Waals surface area contributed by atoms with E-state index in [9.17, 15) is 14.7 Å². The molecule has 57 heavy (non-hydrogen) atoms. The highest BCUT2D eigenvalue weighted by molar-refractivity contribution is 6.34. The van der Waals surface area contributed by atoms with Crippen molar-refractivity contribution in [3.8, 4) is 22.3 Å². The Balaban J connectivity index is 0.000000125. The van der Waals surface area contributed by atoms with Crippen LogP contribution in [0, 0.1) is 0 Å². The van der Waals surface area contributed by atoms with Gasteiger partial charge in [-0.3, -0.25) is 4.79 Å². The highest BCUT2D eigenvalue weighted by atomic mass is 16.4. The number of furan rings is 4. The molecule has 4 heterocycles. The van der Waals surface area contributed by atoms with Gasteiger partial charge in [-0.05, 0) is 72.3 Å². The largest absolute Gasteiger partial charge is 0.478 e. The molecule has 4 aromatic heterocycles. The number of para-hydroxylation sites is 4. The van der Waals surface area contributed by atoms with E-state index in [1.165, 1.54) is 0 Å². The van der Waals surface area contributed by atoms with Crippen molar-refractivity contribution in [2.75, 3.05) is 0 Å². The van der Waals surface area contributed by atoms with Crippen molar-refractivity contribution in [3.05, 3.63) is 168 Å². The van der Waals surface area contributed by atoms with E-state index in [-0.39, 0.29) is 11.3 Å². The molecule has 1 N–H and O–H groups in total. The maximum absolute atomic E-state index is 13.2. The molecule has 7 heteroatoms. The molecule has 7 nitrogen and oxygen atoms in total. The van der Waals surface area contributed by atoms with Gasteiger partial charge in [-0.25, -0.2) is 4.79 Å². The highest BCUT2D eigenvalue weighted by Gasteiger charge is 2.33. The van der Waals surface area contributed by atoms with E-state index in [1.807, 2.05) is 127 Å². The van der Waals surface area contributed by atoms with Gasteiger partial charge in [-0.1, -0.05) is 84.9 Å². The van der Waals surface area contributed by atoms with Gasteiger partial charge in [-0.15, -0.1) is 0 Å². The normalized spacial score (nSPS) is 12.4. The molecule has 1 aliphatic rings. The Morgan fingerprint density at radius 2 is 0.719 bits per heavy atom. The van der Waals surface area contributed by atoms with Crippen molar-refractivity contribution in [1.82, 2.24) is 0 Å². The molecule has 0 aliphatic heterocycles. The van der Waals surface area contributed by atoms with E-state index in [1.54, 1.807) is 12.1 Å². The fraction of sp³-hybridized carbons (Fsp3) is 0. The minimum atomic E-state index is -0.975. The number of carbonyl (C=O) groups excluding carboxylic acids is 1. The number of aromatic carboxylic acids is 1. The minimum Gasteiger partial charge on any atom is -0.478 e. The zero-order valence-electron chi connectivity index (χ0n) is 29.8. The number of hydrogen-bond donors (Lipinski definition) is 1. The van der Waals surface area contributed by atoms with Gasteiger partial charge in [0.25, 0.3) is 0 Å². The number of carboxylic acids is 1. The van der Waals surface area contributed by atoms with Crippen molar-refractivity contribution in [2.45, 2.75) is 0 Å². The second-order valence-corrected chi connectivity index (χ2v) is 14.3. The first kappa shape index (κ1) is 31.5. The van der Waals surface area contributed by atoms with Crippen molar-refractivity contribution < 1.29 is 32.4 Å². The first-order valence-corrected chi connectivity index (χ1v) is 18.6. The number of rotatable bonds is 2. The fourth-order valence-corrected chi connectivity index (χ4v) is 8.93. The lowest BCUT2D eigenvalue weighted by Gasteiger charge is -2.10. The van der Waals surface area contributed by atoms with E-state index < -0.39 is 5.97 Å². The Morgan fingerprint density at radius 3 is 1.18 bits per heavy atom. The van der Waals surface area contributed by atoms with Gasteiger partial charge in [0.05, 0.1) is 5.56 Å². The van der Waals surface area contributed by atoms with Crippen LogP contribution < -0.4 is 0 Å². The Bertz CT molecular complexity index is 3580. The second-order valence-electron chi connectivity index (χ2n) is 14.3. The highest BCUT2D eigenvalue weighted by Crippen LogP contribution is 2.50. The third-order valence-corrected chi connectivity index (χ3v) is 11.3. The molecule has 8 aromatic carbocycles. The Morgan fingerprint density at radius 1 is 0.351 bits per heavy atom. The molecule has 0 bridgehead atoms. The quantitative estimate of drug-likeness (QED) is 0.188. The lowest BCUT2D eigenvalue weighted by atomic mass is 9.91. The molecule has 0 saturated heterocycles. The Kier molecular flexibility index (Phi) is 6.38. The van der Waals surface area contributed by atoms with Crippen molar-refractivity contribution in [3.63, 3.8) is 0 Å². The van der Waals surface area contributed by atoms with Crippen molar-refractivity contribution in [1.29, 1.82) is 0 Å². The van der Waals surface area contributed by atoms with Crippen LogP contribution in [-0.2, 0) is 0 Å². The molecule has 0 amide bonds. The van der Waals surface area contributed by atoms with Gasteiger partial charge >= 0.3 is 5.97 Å². The first-order chi connectivity index (χ1) is 28.0. The molecule has 0 unspecified atom stereocenters. The lowest BCUT2D eigenvalue weighted by molar-refractivity contribution is 0.0697. The van der Waals surface area contributed by atoms with Gasteiger partial charge in [0, 0.05) is 70.9 Å². The van der Waals surface area contributed by atoms with Crippen LogP contribution in [0.15, 0.2) is 169 Å². The number of carboxylic acid groups (broad SMARTS) is 1. The van der Waals surface area contributed by atoms with Crippen LogP contribution in [0.25, 0.3) is 110 Å². The molecule has 13 rings (SSSR count). The summed E-state index contributed by atoms with van der Waals surface area (Å²) in [6.07, 6.45) is 0. The Labute approximate surface area is 321 Å². The van der Waals surface area contributed by atoms with Gasteiger partial charge in [-0.2, -0.15) is 0 Å². The van der Waals surface area contributed by atoms with E-state index in [4.69, 9.17) is 17.7 Å². The van der Waals surface area contributed by atoms with Crippen LogP contribution >= 0.6 is 0 Å². The first-order valence-electron chi connectivity index (χ1n) is 18.6. The monoisotopic (exact) mass is 738 g/mol. The van der Waals surface area contributed by atoms with Gasteiger partial charge < -0.3 is 22.8 Å². The van der Waals surface area contributed by atoms with Crippen LogP contribution in [0.1, 0.15) is 26.3 Å². The number of hydrogen-bond acceptors (Lipinski definition) is 6. The number of fused-ring (bicyclic) bond motifs is 17. The predicted molar refractivity (Wildman–Crippen MR) is 223 cm³/mol. The summed E-state index contributed by atoms with van der Waals surface area (Å²) in [7, 11) is 0. The summed E-state index contributed by atoms with van der Waals surface area (Å²) in [5.74, 6) is -0.915. The summed E-state index contributed by atoms with van der Waals surface area (Å²) in [5, 5.41) is 17.6. The van der Waals surface area contributed by atoms with Gasteiger partial charge in [0.1, 0.15) is 44.7 Å². The van der Waals surface area contributed by atoms with Crippen LogP contribution in [0.5, 0.6) is 0 Å². The van der Waals surface area contributed by atoms with Gasteiger partial charge in [0.15, 0.2) is 5.78 Å². The predicted octanol–water partition coefficient (Wildman–Crippen LogP) is 13.5. The van der Waals surface area contributed by atoms with Crippen LogP contribution in [0.4, 0.5) is 0 Å². The smallest absolute Gasteiger partial charge is 0.336 e. The molecule has 0 saturated carbocycles. The van der Waals surface area contributed by atoms with Crippen molar-refractivity contribution in [2.24, 2.45) is 0 Å². The Hall–Kier alpha value is -7.90. The maximum atomic E-state index is 13.2. The number of ketones is 1. The van der Waals surface area contributed by atoms with Crippen molar-refractivity contribution >= 4 is 99.5 Å². The number of benzene rings is 8. The summed E-state index contributed by atoms with van der Waals surface area (Å²) in [5.41, 5.74) is 11.2. The standard InChI is InChI=1S/C25H14O4.C25H12O3/c26-25(27)17-12-13-21-24(15-7-2-4-10-19(15)29-21)23(17)16-8-5-11-20-22(16)14-6-1-3-9-18(14)28-20;26-25-15-9-11-19-21(13-5-1-3-7-17(13)27-19)23(15)24-16(25)10-12-20-22(24)14-6-2-4-8-18(14)28-20/h1-13H,(H,26,27);1-12H. The van der Waals surface area contributed by atoms with E-state index in [2.05, 4.69) is 12.1 Å². The average molecular weight is 739 g/mol. The van der Waals surface area contributed by atoms with Crippen LogP contribution in [0.2, 0.25) is 0 Å². The molecule has 0 fully saturated rings. The maximum Gasteiger partial charge on any atom is 0.336 e. The van der Waals surface area contributed by atoms with E-state index >= 15 is 0 Å². The van der Waals surface area contributed by atoms with Gasteiger partial charge in [0.2, 0.25) is 0 Å². The molecular weight excluding hydrogens is 713 g/mol.